The van der Waals surface area contributed by atoms with Crippen molar-refractivity contribution in [3.8, 4) is 0 Å². The molecule has 0 bridgehead atoms. The van der Waals surface area contributed by atoms with Gasteiger partial charge in [0.1, 0.15) is 5.82 Å². The molecule has 2 saturated heterocycles. The van der Waals surface area contributed by atoms with Crippen LogP contribution in [0.3, 0.4) is 0 Å². The Morgan fingerprint density at radius 3 is 2.75 bits per heavy atom. The van der Waals surface area contributed by atoms with E-state index in [2.05, 4.69) is 14.9 Å². The fourth-order valence-corrected chi connectivity index (χ4v) is 4.90. The minimum absolute atomic E-state index is 0.0262. The summed E-state index contributed by atoms with van der Waals surface area (Å²) in [5.41, 5.74) is -0.0662. The summed E-state index contributed by atoms with van der Waals surface area (Å²) in [5, 5.41) is 10.1. The van der Waals surface area contributed by atoms with Crippen molar-refractivity contribution < 1.29 is 18.3 Å². The van der Waals surface area contributed by atoms with Crippen LogP contribution in [0.1, 0.15) is 10.4 Å². The van der Waals surface area contributed by atoms with E-state index in [-0.39, 0.29) is 23.3 Å². The predicted octanol–water partition coefficient (Wildman–Crippen LogP) is 0.451. The Morgan fingerprint density at radius 2 is 2.11 bits per heavy atom. The summed E-state index contributed by atoms with van der Waals surface area (Å²) in [5.74, 6) is 0.670. The van der Waals surface area contributed by atoms with E-state index in [0.29, 0.717) is 31.7 Å². The molecule has 0 radical (unpaired) electrons. The van der Waals surface area contributed by atoms with E-state index >= 15 is 0 Å². The number of sulfone groups is 1. The number of carbonyl (C=O) groups excluding carboxylic acids is 1. The molecule has 1 N–H and O–H groups in total. The second-order valence-corrected chi connectivity index (χ2v) is 9.66. The first kappa shape index (κ1) is 18.8. The van der Waals surface area contributed by atoms with Crippen molar-refractivity contribution in [1.82, 2.24) is 14.9 Å². The molecule has 0 spiro atoms. The number of carbonyl (C=O) groups is 1. The maximum absolute atomic E-state index is 13.0. The zero-order valence-corrected chi connectivity index (χ0v) is 16.3. The number of benzene rings is 1. The molecule has 148 valence electrons. The summed E-state index contributed by atoms with van der Waals surface area (Å²) in [6.45, 7) is 2.19. The van der Waals surface area contributed by atoms with Gasteiger partial charge >= 0.3 is 0 Å². The highest BCUT2D eigenvalue weighted by Crippen LogP contribution is 2.43. The van der Waals surface area contributed by atoms with Gasteiger partial charge in [-0.05, 0) is 18.2 Å². The van der Waals surface area contributed by atoms with Crippen LogP contribution >= 0.6 is 0 Å². The van der Waals surface area contributed by atoms with Crippen LogP contribution in [0.25, 0.3) is 0 Å². The van der Waals surface area contributed by atoms with Crippen LogP contribution in [0.15, 0.2) is 47.8 Å². The summed E-state index contributed by atoms with van der Waals surface area (Å²) in [6.07, 6.45) is 6.08. The highest BCUT2D eigenvalue weighted by Gasteiger charge is 2.53. The summed E-state index contributed by atoms with van der Waals surface area (Å²) < 4.78 is 23.6. The van der Waals surface area contributed by atoms with Crippen LogP contribution in [-0.4, -0.2) is 73.3 Å². The average Bonchev–Trinajstić information content (AvgIpc) is 3.22. The molecule has 2 aliphatic rings. The molecule has 8 nitrogen and oxygen atoms in total. The smallest absolute Gasteiger partial charge is 0.253 e. The van der Waals surface area contributed by atoms with Crippen LogP contribution in [0, 0.1) is 11.3 Å². The highest BCUT2D eigenvalue weighted by molar-refractivity contribution is 7.90. The van der Waals surface area contributed by atoms with Crippen LogP contribution < -0.4 is 4.90 Å². The Kier molecular flexibility index (Phi) is 4.59. The van der Waals surface area contributed by atoms with Gasteiger partial charge in [-0.15, -0.1) is 0 Å². The van der Waals surface area contributed by atoms with Crippen LogP contribution in [0.5, 0.6) is 0 Å². The number of aromatic nitrogens is 2. The van der Waals surface area contributed by atoms with Crippen molar-refractivity contribution in [2.24, 2.45) is 11.3 Å². The molecule has 2 aromatic rings. The number of amides is 1. The maximum Gasteiger partial charge on any atom is 0.253 e. The fraction of sp³-hybridized carbons (Fsp3) is 0.421. The van der Waals surface area contributed by atoms with E-state index in [4.69, 9.17) is 0 Å². The number of anilines is 1. The normalized spacial score (nSPS) is 24.4. The van der Waals surface area contributed by atoms with Gasteiger partial charge in [0.25, 0.3) is 5.91 Å². The van der Waals surface area contributed by atoms with E-state index in [9.17, 15) is 18.3 Å². The van der Waals surface area contributed by atoms with Gasteiger partial charge in [0.2, 0.25) is 0 Å². The van der Waals surface area contributed by atoms with Gasteiger partial charge < -0.3 is 14.9 Å². The molecule has 28 heavy (non-hydrogen) atoms. The Morgan fingerprint density at radius 1 is 1.29 bits per heavy atom. The minimum Gasteiger partial charge on any atom is -0.396 e. The van der Waals surface area contributed by atoms with Crippen LogP contribution in [-0.2, 0) is 9.84 Å². The van der Waals surface area contributed by atoms with Crippen molar-refractivity contribution in [2.75, 3.05) is 43.9 Å². The lowest BCUT2D eigenvalue weighted by molar-refractivity contribution is 0.0748. The van der Waals surface area contributed by atoms with Crippen molar-refractivity contribution in [1.29, 1.82) is 0 Å². The van der Waals surface area contributed by atoms with Gasteiger partial charge in [0.05, 0.1) is 17.7 Å². The lowest BCUT2D eigenvalue weighted by Crippen LogP contribution is -2.39. The molecule has 2 aliphatic heterocycles. The van der Waals surface area contributed by atoms with Gasteiger partial charge in [0, 0.05) is 61.7 Å². The topological polar surface area (TPSA) is 104 Å². The number of hydrogen-bond acceptors (Lipinski definition) is 7. The number of rotatable bonds is 4. The third-order valence-corrected chi connectivity index (χ3v) is 6.85. The van der Waals surface area contributed by atoms with Crippen molar-refractivity contribution >= 4 is 21.6 Å². The third-order valence-electron chi connectivity index (χ3n) is 5.74. The zero-order chi connectivity index (χ0) is 19.9. The Bertz CT molecular complexity index is 998. The predicted molar refractivity (Wildman–Crippen MR) is 103 cm³/mol. The Hall–Kier alpha value is -2.52. The number of nitrogens with zero attached hydrogens (tertiary/aromatic N) is 4. The van der Waals surface area contributed by atoms with Crippen molar-refractivity contribution in [3.05, 3.63) is 48.4 Å². The quantitative estimate of drug-likeness (QED) is 0.792. The Labute approximate surface area is 163 Å². The molecule has 0 aliphatic carbocycles. The van der Waals surface area contributed by atoms with Crippen LogP contribution in [0.2, 0.25) is 0 Å². The van der Waals surface area contributed by atoms with Gasteiger partial charge in [-0.25, -0.2) is 13.4 Å². The largest absolute Gasteiger partial charge is 0.396 e. The number of likely N-dealkylation sites (tertiary alicyclic amines) is 1. The minimum atomic E-state index is -3.38. The standard InChI is InChI=1S/C19H22N4O4S/c1-28(26,27)16-4-2-3-14(7-16)18(25)23-10-15-9-22(11-19(15,12-23)13-24)17-8-20-5-6-21-17/h2-8,15,24H,9-13H2,1H3/t15-,19+/m0/s1. The molecule has 2 atom stereocenters. The molecule has 2 fully saturated rings. The second-order valence-electron chi connectivity index (χ2n) is 7.65. The molecule has 9 heteroatoms. The van der Waals surface area contributed by atoms with Gasteiger partial charge in [-0.3, -0.25) is 9.78 Å². The fourth-order valence-electron chi connectivity index (χ4n) is 4.23. The molecule has 3 heterocycles. The first-order chi connectivity index (χ1) is 13.3. The van der Waals surface area contributed by atoms with E-state index in [0.717, 1.165) is 12.1 Å². The number of aliphatic hydroxyl groups excluding tert-OH is 1. The number of hydrogen-bond donors (Lipinski definition) is 1. The van der Waals surface area contributed by atoms with E-state index in [1.165, 1.54) is 12.1 Å². The SMILES string of the molecule is CS(=O)(=O)c1cccc(C(=O)N2C[C@@H]3CN(c4cnccn4)C[C@]3(CO)C2)c1. The zero-order valence-electron chi connectivity index (χ0n) is 15.5. The van der Waals surface area contributed by atoms with Crippen molar-refractivity contribution in [2.45, 2.75) is 4.90 Å². The molecule has 4 rings (SSSR count). The summed E-state index contributed by atoms with van der Waals surface area (Å²) in [4.78, 5) is 25.4. The molecule has 1 aromatic heterocycles. The average molecular weight is 402 g/mol. The van der Waals surface area contributed by atoms with Crippen LogP contribution in [0.4, 0.5) is 5.82 Å². The first-order valence-corrected chi connectivity index (χ1v) is 10.9. The van der Waals surface area contributed by atoms with Gasteiger partial charge in [-0.2, -0.15) is 0 Å². The van der Waals surface area contributed by atoms with E-state index < -0.39 is 15.3 Å². The van der Waals surface area contributed by atoms with E-state index in [1.807, 2.05) is 0 Å². The number of aliphatic hydroxyl groups is 1. The molecule has 0 saturated carbocycles. The third kappa shape index (κ3) is 3.24. The Balaban J connectivity index is 1.54. The first-order valence-electron chi connectivity index (χ1n) is 9.04. The molecular formula is C19H22N4O4S. The monoisotopic (exact) mass is 402 g/mol. The highest BCUT2D eigenvalue weighted by atomic mass is 32.2. The molecule has 0 unspecified atom stereocenters. The van der Waals surface area contributed by atoms with Gasteiger partial charge in [0.15, 0.2) is 9.84 Å². The summed E-state index contributed by atoms with van der Waals surface area (Å²) in [7, 11) is -3.38. The van der Waals surface area contributed by atoms with E-state index in [1.54, 1.807) is 35.6 Å². The molecule has 1 amide bonds. The summed E-state index contributed by atoms with van der Waals surface area (Å²) >= 11 is 0. The molecule has 1 aromatic carbocycles. The lowest BCUT2D eigenvalue weighted by atomic mass is 9.82. The number of fused-ring (bicyclic) bond motifs is 1. The lowest BCUT2D eigenvalue weighted by Gasteiger charge is -2.27. The van der Waals surface area contributed by atoms with Gasteiger partial charge in [-0.1, -0.05) is 6.07 Å². The van der Waals surface area contributed by atoms with Crippen molar-refractivity contribution in [3.63, 3.8) is 0 Å². The molecular weight excluding hydrogens is 380 g/mol. The maximum atomic E-state index is 13.0. The second kappa shape index (κ2) is 6.82. The summed E-state index contributed by atoms with van der Waals surface area (Å²) in [6, 6.07) is 6.11.